The number of rotatable bonds is 3. The molecule has 1 N–H and O–H groups in total. The number of piperidine rings is 1. The Morgan fingerprint density at radius 3 is 2.72 bits per heavy atom. The van der Waals surface area contributed by atoms with Crippen LogP contribution in [0.4, 0.5) is 0 Å². The van der Waals surface area contributed by atoms with Crippen molar-refractivity contribution in [2.45, 2.75) is 12.8 Å². The van der Waals surface area contributed by atoms with Gasteiger partial charge in [0.15, 0.2) is 0 Å². The van der Waals surface area contributed by atoms with Crippen LogP contribution in [0.3, 0.4) is 0 Å². The van der Waals surface area contributed by atoms with Crippen molar-refractivity contribution < 1.29 is 14.3 Å². The number of nitrogens with one attached hydrogen (secondary N) is 1. The Morgan fingerprint density at radius 1 is 1.33 bits per heavy atom. The Bertz CT molecular complexity index is 449. The molecule has 0 aliphatic carbocycles. The van der Waals surface area contributed by atoms with Crippen molar-refractivity contribution in [1.82, 2.24) is 10.4 Å². The van der Waals surface area contributed by atoms with Crippen molar-refractivity contribution in [2.75, 3.05) is 20.2 Å². The molecule has 0 radical (unpaired) electrons. The van der Waals surface area contributed by atoms with Gasteiger partial charge in [-0.15, -0.1) is 0 Å². The molecule has 0 saturated carbocycles. The van der Waals surface area contributed by atoms with Gasteiger partial charge in [-0.05, 0) is 18.2 Å². The summed E-state index contributed by atoms with van der Waals surface area (Å²) in [5, 5.41) is 1.78. The van der Waals surface area contributed by atoms with Crippen molar-refractivity contribution in [3.05, 3.63) is 29.8 Å². The molecule has 1 amide bonds. The first-order valence-corrected chi connectivity index (χ1v) is 5.91. The van der Waals surface area contributed by atoms with Gasteiger partial charge in [0.1, 0.15) is 11.5 Å². The highest BCUT2D eigenvalue weighted by molar-refractivity contribution is 5.94. The zero-order chi connectivity index (χ0) is 13.0. The standard InChI is InChI=1S/C13H16N2O3/c1-18-12-4-2-3-10(9-12)13(17)14-15-7-5-11(16)6-8-15/h2-4,9H,5-8H2,1H3,(H,14,17). The zero-order valence-corrected chi connectivity index (χ0v) is 10.3. The molecule has 1 aliphatic heterocycles. The van der Waals surface area contributed by atoms with E-state index in [1.165, 1.54) is 0 Å². The van der Waals surface area contributed by atoms with Crippen LogP contribution < -0.4 is 10.2 Å². The minimum atomic E-state index is -0.178. The number of nitrogens with zero attached hydrogens (tertiary/aromatic N) is 1. The van der Waals surface area contributed by atoms with Gasteiger partial charge in [0.05, 0.1) is 7.11 Å². The van der Waals surface area contributed by atoms with Gasteiger partial charge in [0, 0.05) is 31.5 Å². The van der Waals surface area contributed by atoms with E-state index in [4.69, 9.17) is 4.74 Å². The van der Waals surface area contributed by atoms with Crippen LogP contribution in [0.15, 0.2) is 24.3 Å². The van der Waals surface area contributed by atoms with E-state index < -0.39 is 0 Å². The molecule has 2 rings (SSSR count). The summed E-state index contributed by atoms with van der Waals surface area (Å²) in [5.41, 5.74) is 3.34. The summed E-state index contributed by atoms with van der Waals surface area (Å²) in [4.78, 5) is 23.1. The predicted octanol–water partition coefficient (Wildman–Crippen LogP) is 1.00. The van der Waals surface area contributed by atoms with Crippen LogP contribution in [0.25, 0.3) is 0 Å². The maximum absolute atomic E-state index is 12.0. The predicted molar refractivity (Wildman–Crippen MR) is 66.3 cm³/mol. The maximum atomic E-state index is 12.0. The summed E-state index contributed by atoms with van der Waals surface area (Å²) in [6.07, 6.45) is 0.997. The van der Waals surface area contributed by atoms with E-state index in [2.05, 4.69) is 5.43 Å². The highest BCUT2D eigenvalue weighted by atomic mass is 16.5. The van der Waals surface area contributed by atoms with E-state index in [0.29, 0.717) is 37.2 Å². The number of carbonyl (C=O) groups excluding carboxylic acids is 2. The minimum Gasteiger partial charge on any atom is -0.497 e. The second-order valence-corrected chi connectivity index (χ2v) is 4.20. The van der Waals surface area contributed by atoms with Crippen LogP contribution in [0.5, 0.6) is 5.75 Å². The summed E-state index contributed by atoms with van der Waals surface area (Å²) in [6, 6.07) is 6.97. The molecule has 0 bridgehead atoms. The van der Waals surface area contributed by atoms with E-state index in [1.807, 2.05) is 0 Å². The lowest BCUT2D eigenvalue weighted by Gasteiger charge is -2.26. The number of hydrogen-bond donors (Lipinski definition) is 1. The van der Waals surface area contributed by atoms with Gasteiger partial charge in [0.2, 0.25) is 0 Å². The summed E-state index contributed by atoms with van der Waals surface area (Å²) in [6.45, 7) is 1.16. The second kappa shape index (κ2) is 5.64. The van der Waals surface area contributed by atoms with Crippen LogP contribution in [0.1, 0.15) is 23.2 Å². The van der Waals surface area contributed by atoms with Gasteiger partial charge >= 0.3 is 0 Å². The molecule has 5 heteroatoms. The average molecular weight is 248 g/mol. The van der Waals surface area contributed by atoms with Gasteiger partial charge in [0.25, 0.3) is 5.91 Å². The van der Waals surface area contributed by atoms with Gasteiger partial charge in [-0.1, -0.05) is 6.07 Å². The van der Waals surface area contributed by atoms with Gasteiger partial charge in [-0.25, -0.2) is 5.01 Å². The fourth-order valence-corrected chi connectivity index (χ4v) is 1.84. The number of hydrogen-bond acceptors (Lipinski definition) is 4. The van der Waals surface area contributed by atoms with E-state index in [-0.39, 0.29) is 11.7 Å². The number of ketones is 1. The lowest BCUT2D eigenvalue weighted by molar-refractivity contribution is -0.121. The van der Waals surface area contributed by atoms with Crippen molar-refractivity contribution in [1.29, 1.82) is 0 Å². The lowest BCUT2D eigenvalue weighted by Crippen LogP contribution is -2.46. The number of ether oxygens (including phenoxy) is 1. The SMILES string of the molecule is COc1cccc(C(=O)NN2CCC(=O)CC2)c1. The Labute approximate surface area is 106 Å². The Hall–Kier alpha value is -1.88. The number of hydrazine groups is 1. The summed E-state index contributed by atoms with van der Waals surface area (Å²) in [7, 11) is 1.56. The van der Waals surface area contributed by atoms with Crippen molar-refractivity contribution >= 4 is 11.7 Å². The minimum absolute atomic E-state index is 0.178. The van der Waals surface area contributed by atoms with Crippen LogP contribution in [-0.2, 0) is 4.79 Å². The molecular formula is C13H16N2O3. The van der Waals surface area contributed by atoms with Gasteiger partial charge < -0.3 is 4.74 Å². The highest BCUT2D eigenvalue weighted by Crippen LogP contribution is 2.12. The molecule has 0 unspecified atom stereocenters. The lowest BCUT2D eigenvalue weighted by atomic mass is 10.1. The van der Waals surface area contributed by atoms with E-state index in [9.17, 15) is 9.59 Å². The smallest absolute Gasteiger partial charge is 0.265 e. The first kappa shape index (κ1) is 12.6. The van der Waals surface area contributed by atoms with Crippen LogP contribution in [-0.4, -0.2) is 36.9 Å². The number of carbonyl (C=O) groups is 2. The summed E-state index contributed by atoms with van der Waals surface area (Å²) in [5.74, 6) is 0.724. The largest absolute Gasteiger partial charge is 0.497 e. The number of methoxy groups -OCH3 is 1. The average Bonchev–Trinajstić information content (AvgIpc) is 2.41. The highest BCUT2D eigenvalue weighted by Gasteiger charge is 2.18. The third-order valence-electron chi connectivity index (χ3n) is 2.91. The zero-order valence-electron chi connectivity index (χ0n) is 10.3. The number of Topliss-reactive ketones (excluding diaryl/α,β-unsaturated/α-hetero) is 1. The second-order valence-electron chi connectivity index (χ2n) is 4.20. The van der Waals surface area contributed by atoms with Crippen molar-refractivity contribution in [3.63, 3.8) is 0 Å². The van der Waals surface area contributed by atoms with Crippen LogP contribution >= 0.6 is 0 Å². The van der Waals surface area contributed by atoms with Crippen molar-refractivity contribution in [2.24, 2.45) is 0 Å². The fourth-order valence-electron chi connectivity index (χ4n) is 1.84. The molecule has 1 aromatic rings. The molecule has 0 spiro atoms. The van der Waals surface area contributed by atoms with Gasteiger partial charge in [-0.3, -0.25) is 15.0 Å². The molecule has 96 valence electrons. The van der Waals surface area contributed by atoms with E-state index in [1.54, 1.807) is 36.4 Å². The first-order valence-electron chi connectivity index (χ1n) is 5.91. The van der Waals surface area contributed by atoms with E-state index >= 15 is 0 Å². The molecule has 1 aromatic carbocycles. The summed E-state index contributed by atoms with van der Waals surface area (Å²) >= 11 is 0. The Kier molecular flexibility index (Phi) is 3.94. The number of amides is 1. The Morgan fingerprint density at radius 2 is 2.06 bits per heavy atom. The monoisotopic (exact) mass is 248 g/mol. The van der Waals surface area contributed by atoms with Crippen LogP contribution in [0.2, 0.25) is 0 Å². The van der Waals surface area contributed by atoms with Crippen molar-refractivity contribution in [3.8, 4) is 5.75 Å². The third kappa shape index (κ3) is 3.07. The topological polar surface area (TPSA) is 58.6 Å². The quantitative estimate of drug-likeness (QED) is 0.867. The first-order chi connectivity index (χ1) is 8.69. The maximum Gasteiger partial charge on any atom is 0.265 e. The molecule has 1 fully saturated rings. The molecule has 1 saturated heterocycles. The molecule has 0 aromatic heterocycles. The molecule has 0 atom stereocenters. The van der Waals surface area contributed by atoms with Crippen LogP contribution in [0, 0.1) is 0 Å². The Balaban J connectivity index is 1.96. The molecule has 1 aliphatic rings. The third-order valence-corrected chi connectivity index (χ3v) is 2.91. The summed E-state index contributed by atoms with van der Waals surface area (Å²) < 4.78 is 5.07. The molecular weight excluding hydrogens is 232 g/mol. The number of benzene rings is 1. The van der Waals surface area contributed by atoms with E-state index in [0.717, 1.165) is 0 Å². The normalized spacial score (nSPS) is 16.4. The molecule has 1 heterocycles. The van der Waals surface area contributed by atoms with Gasteiger partial charge in [-0.2, -0.15) is 0 Å². The molecule has 18 heavy (non-hydrogen) atoms. The molecule has 5 nitrogen and oxygen atoms in total. The fraction of sp³-hybridized carbons (Fsp3) is 0.385.